The SMILES string of the molecule is CSC(=NC#N)N1CCC(NS(=O)(=O)Cc2ccc(Br)cc2)CC1. The van der Waals surface area contributed by atoms with E-state index in [1.165, 1.54) is 11.8 Å². The Hall–Kier alpha value is -1.08. The molecule has 1 aliphatic rings. The zero-order chi connectivity index (χ0) is 17.6. The molecule has 1 aromatic rings. The quantitative estimate of drug-likeness (QED) is 0.450. The summed E-state index contributed by atoms with van der Waals surface area (Å²) in [6.07, 6.45) is 5.08. The predicted molar refractivity (Wildman–Crippen MR) is 101 cm³/mol. The van der Waals surface area contributed by atoms with Gasteiger partial charge in [0.1, 0.15) is 0 Å². The van der Waals surface area contributed by atoms with E-state index in [1.807, 2.05) is 29.5 Å². The molecule has 0 saturated carbocycles. The van der Waals surface area contributed by atoms with E-state index >= 15 is 0 Å². The third-order valence-corrected chi connectivity index (χ3v) is 6.36. The lowest BCUT2D eigenvalue weighted by Gasteiger charge is -2.33. The molecule has 0 amide bonds. The lowest BCUT2D eigenvalue weighted by atomic mass is 10.1. The molecule has 1 saturated heterocycles. The van der Waals surface area contributed by atoms with E-state index in [2.05, 4.69) is 25.6 Å². The number of benzene rings is 1. The molecule has 0 aromatic heterocycles. The number of nitriles is 1. The van der Waals surface area contributed by atoms with E-state index in [4.69, 9.17) is 5.26 Å². The molecule has 2 rings (SSSR count). The number of hydrogen-bond donors (Lipinski definition) is 1. The molecule has 0 bridgehead atoms. The molecular formula is C15H19BrN4O2S2. The number of aliphatic imine (C=N–C) groups is 1. The van der Waals surface area contributed by atoms with E-state index in [0.29, 0.717) is 31.1 Å². The van der Waals surface area contributed by atoms with Crippen LogP contribution in [-0.2, 0) is 15.8 Å². The number of hydrogen-bond acceptors (Lipinski definition) is 5. The van der Waals surface area contributed by atoms with Crippen LogP contribution in [0, 0.1) is 11.5 Å². The van der Waals surface area contributed by atoms with Gasteiger partial charge in [0.15, 0.2) is 5.17 Å². The first-order chi connectivity index (χ1) is 11.4. The molecule has 0 atom stereocenters. The molecule has 24 heavy (non-hydrogen) atoms. The minimum absolute atomic E-state index is 0.0214. The number of sulfonamides is 1. The van der Waals surface area contributed by atoms with Gasteiger partial charge in [0, 0.05) is 23.6 Å². The summed E-state index contributed by atoms with van der Waals surface area (Å²) in [5.41, 5.74) is 0.758. The normalized spacial score (nSPS) is 16.9. The largest absolute Gasteiger partial charge is 0.350 e. The minimum Gasteiger partial charge on any atom is -0.350 e. The zero-order valence-electron chi connectivity index (χ0n) is 13.3. The highest BCUT2D eigenvalue weighted by atomic mass is 79.9. The molecule has 1 aromatic carbocycles. The molecule has 9 heteroatoms. The summed E-state index contributed by atoms with van der Waals surface area (Å²) in [4.78, 5) is 5.82. The van der Waals surface area contributed by atoms with Crippen molar-refractivity contribution >= 4 is 42.9 Å². The maximum atomic E-state index is 12.3. The fourth-order valence-corrected chi connectivity index (χ4v) is 4.87. The van der Waals surface area contributed by atoms with Crippen LogP contribution in [0.5, 0.6) is 0 Å². The number of piperidine rings is 1. The second kappa shape index (κ2) is 8.85. The molecule has 0 aliphatic carbocycles. The van der Waals surface area contributed by atoms with E-state index in [-0.39, 0.29) is 11.8 Å². The van der Waals surface area contributed by atoms with E-state index in [0.717, 1.165) is 10.0 Å². The Bertz CT molecular complexity index is 721. The average molecular weight is 431 g/mol. The Kier molecular flexibility index (Phi) is 7.10. The number of nitrogens with one attached hydrogen (secondary N) is 1. The monoisotopic (exact) mass is 430 g/mol. The van der Waals surface area contributed by atoms with Crippen molar-refractivity contribution in [1.29, 1.82) is 5.26 Å². The van der Waals surface area contributed by atoms with Crippen LogP contribution in [0.15, 0.2) is 33.7 Å². The summed E-state index contributed by atoms with van der Waals surface area (Å²) < 4.78 is 28.4. The van der Waals surface area contributed by atoms with Crippen molar-refractivity contribution in [2.45, 2.75) is 24.6 Å². The van der Waals surface area contributed by atoms with Gasteiger partial charge in [0.2, 0.25) is 16.2 Å². The summed E-state index contributed by atoms with van der Waals surface area (Å²) in [5, 5.41) is 9.38. The standard InChI is InChI=1S/C15H19BrN4O2S2/c1-23-15(18-11-17)20-8-6-14(7-9-20)19-24(21,22)10-12-2-4-13(16)5-3-12/h2-5,14,19H,6-10H2,1H3. The maximum Gasteiger partial charge on any atom is 0.216 e. The predicted octanol–water partition coefficient (Wildman–Crippen LogP) is 2.53. The number of amidine groups is 1. The second-order valence-electron chi connectivity index (χ2n) is 5.46. The topological polar surface area (TPSA) is 85.6 Å². The highest BCUT2D eigenvalue weighted by Crippen LogP contribution is 2.17. The van der Waals surface area contributed by atoms with Gasteiger partial charge in [-0.2, -0.15) is 5.26 Å². The van der Waals surface area contributed by atoms with Crippen LogP contribution in [0.4, 0.5) is 0 Å². The number of likely N-dealkylation sites (tertiary alicyclic amines) is 1. The summed E-state index contributed by atoms with van der Waals surface area (Å²) in [6.45, 7) is 1.37. The fourth-order valence-electron chi connectivity index (χ4n) is 2.57. The summed E-state index contributed by atoms with van der Waals surface area (Å²) >= 11 is 4.77. The van der Waals surface area contributed by atoms with Gasteiger partial charge in [-0.3, -0.25) is 0 Å². The molecule has 1 fully saturated rings. The molecule has 130 valence electrons. The van der Waals surface area contributed by atoms with Crippen molar-refractivity contribution in [1.82, 2.24) is 9.62 Å². The van der Waals surface area contributed by atoms with Crippen LogP contribution >= 0.6 is 27.7 Å². The molecule has 0 radical (unpaired) electrons. The molecule has 0 unspecified atom stereocenters. The van der Waals surface area contributed by atoms with Gasteiger partial charge >= 0.3 is 0 Å². The van der Waals surface area contributed by atoms with Crippen molar-refractivity contribution in [3.05, 3.63) is 34.3 Å². The number of halogens is 1. The van der Waals surface area contributed by atoms with Gasteiger partial charge in [0.05, 0.1) is 5.75 Å². The van der Waals surface area contributed by atoms with Gasteiger partial charge in [-0.25, -0.2) is 13.1 Å². The summed E-state index contributed by atoms with van der Waals surface area (Å²) in [6, 6.07) is 7.19. The van der Waals surface area contributed by atoms with E-state index in [1.54, 1.807) is 12.1 Å². The van der Waals surface area contributed by atoms with E-state index in [9.17, 15) is 8.42 Å². The molecule has 1 aliphatic heterocycles. The Balaban J connectivity index is 1.89. The molecule has 1 heterocycles. The van der Waals surface area contributed by atoms with Crippen molar-refractivity contribution in [2.75, 3.05) is 19.3 Å². The van der Waals surface area contributed by atoms with Crippen LogP contribution in [0.25, 0.3) is 0 Å². The average Bonchev–Trinajstić information content (AvgIpc) is 2.55. The van der Waals surface area contributed by atoms with Crippen LogP contribution in [0.2, 0.25) is 0 Å². The van der Waals surface area contributed by atoms with Gasteiger partial charge < -0.3 is 4.90 Å². The van der Waals surface area contributed by atoms with Gasteiger partial charge in [0.25, 0.3) is 0 Å². The van der Waals surface area contributed by atoms with Gasteiger partial charge in [-0.05, 0) is 36.8 Å². The smallest absolute Gasteiger partial charge is 0.216 e. The number of nitrogens with zero attached hydrogens (tertiary/aromatic N) is 3. The zero-order valence-corrected chi connectivity index (χ0v) is 16.5. The van der Waals surface area contributed by atoms with Crippen molar-refractivity contribution in [2.24, 2.45) is 4.99 Å². The highest BCUT2D eigenvalue weighted by Gasteiger charge is 2.25. The van der Waals surface area contributed by atoms with Crippen molar-refractivity contribution in [3.8, 4) is 6.19 Å². The highest BCUT2D eigenvalue weighted by molar-refractivity contribution is 9.10. The van der Waals surface area contributed by atoms with Gasteiger partial charge in [-0.15, -0.1) is 4.99 Å². The third kappa shape index (κ3) is 5.77. The molecule has 1 N–H and O–H groups in total. The van der Waals surface area contributed by atoms with Crippen molar-refractivity contribution in [3.63, 3.8) is 0 Å². The first-order valence-corrected chi connectivity index (χ1v) is 11.1. The summed E-state index contributed by atoms with van der Waals surface area (Å²) in [5.74, 6) is -0.0214. The number of thioether (sulfide) groups is 1. The number of rotatable bonds is 4. The second-order valence-corrected chi connectivity index (χ2v) is 8.91. The first-order valence-electron chi connectivity index (χ1n) is 7.43. The lowest BCUT2D eigenvalue weighted by molar-refractivity contribution is 0.306. The molecule has 0 spiro atoms. The fraction of sp³-hybridized carbons (Fsp3) is 0.467. The molecule has 6 nitrogen and oxygen atoms in total. The van der Waals surface area contributed by atoms with Crippen LogP contribution in [0.3, 0.4) is 0 Å². The van der Waals surface area contributed by atoms with Crippen molar-refractivity contribution < 1.29 is 8.42 Å². The Morgan fingerprint density at radius 1 is 1.42 bits per heavy atom. The summed E-state index contributed by atoms with van der Waals surface area (Å²) in [7, 11) is -3.37. The lowest BCUT2D eigenvalue weighted by Crippen LogP contribution is -2.46. The van der Waals surface area contributed by atoms with Crippen LogP contribution in [0.1, 0.15) is 18.4 Å². The Morgan fingerprint density at radius 3 is 2.58 bits per heavy atom. The minimum atomic E-state index is -3.37. The third-order valence-electron chi connectivity index (χ3n) is 3.71. The van der Waals surface area contributed by atoms with Crippen LogP contribution in [-0.4, -0.2) is 43.9 Å². The Labute approximate surface area is 155 Å². The maximum absolute atomic E-state index is 12.3. The molecular weight excluding hydrogens is 412 g/mol. The van der Waals surface area contributed by atoms with Crippen LogP contribution < -0.4 is 4.72 Å². The first kappa shape index (κ1) is 19.2. The van der Waals surface area contributed by atoms with Gasteiger partial charge in [-0.1, -0.05) is 39.8 Å². The Morgan fingerprint density at radius 2 is 2.04 bits per heavy atom. The van der Waals surface area contributed by atoms with E-state index < -0.39 is 10.0 Å².